The fraction of sp³-hybridized carbons (Fsp3) is 0.600. The van der Waals surface area contributed by atoms with E-state index in [1.54, 1.807) is 27.9 Å². The lowest BCUT2D eigenvalue weighted by Crippen LogP contribution is -2.52. The fourth-order valence-electron chi connectivity index (χ4n) is 8.64. The first kappa shape index (κ1) is 40.0. The number of nitrogens with one attached hydrogen (secondary N) is 1. The second-order valence-corrected chi connectivity index (χ2v) is 15.8. The van der Waals surface area contributed by atoms with E-state index in [0.29, 0.717) is 81.7 Å². The van der Waals surface area contributed by atoms with E-state index in [9.17, 15) is 24.3 Å². The zero-order valence-corrected chi connectivity index (χ0v) is 33.6. The summed E-state index contributed by atoms with van der Waals surface area (Å²) in [6.07, 6.45) is 4.49. The van der Waals surface area contributed by atoms with Crippen molar-refractivity contribution < 1.29 is 36.8 Å². The number of piperidine rings is 3. The number of para-hydroxylation sites is 1. The molecule has 14 heteroatoms. The predicted octanol–water partition coefficient (Wildman–Crippen LogP) is 5.47. The molecule has 0 radical (unpaired) electrons. The van der Waals surface area contributed by atoms with E-state index < -0.39 is 12.2 Å². The number of hydrogen-bond donors (Lipinski definition) is 2. The number of anilines is 1. The summed E-state index contributed by atoms with van der Waals surface area (Å²) in [6, 6.07) is 11.5. The third-order valence-corrected chi connectivity index (χ3v) is 12.2. The van der Waals surface area contributed by atoms with E-state index in [1.807, 2.05) is 60.0 Å². The van der Waals surface area contributed by atoms with Crippen LogP contribution in [-0.4, -0.2) is 126 Å². The van der Waals surface area contributed by atoms with Crippen molar-refractivity contribution in [1.29, 1.82) is 0 Å². The van der Waals surface area contributed by atoms with Gasteiger partial charge in [0.1, 0.15) is 35.4 Å². The first-order valence-electron chi connectivity index (χ1n) is 19.4. The first-order chi connectivity index (χ1) is 26.1. The third kappa shape index (κ3) is 10.2. The summed E-state index contributed by atoms with van der Waals surface area (Å²) in [5.41, 5.74) is 4.20. The zero-order chi connectivity index (χ0) is 38.2. The molecule has 4 aliphatic rings. The summed E-state index contributed by atoms with van der Waals surface area (Å²) in [5.74, 6) is 0.839. The molecule has 6 rings (SSSR count). The van der Waals surface area contributed by atoms with Crippen LogP contribution in [0.3, 0.4) is 0 Å². The van der Waals surface area contributed by atoms with Crippen LogP contribution in [0.25, 0.3) is 0 Å². The first-order valence-corrected chi connectivity index (χ1v) is 20.3. The molecule has 13 nitrogen and oxygen atoms in total. The van der Waals surface area contributed by atoms with E-state index in [0.717, 1.165) is 62.0 Å². The SMILES string of the molecule is Cc1cc(C[C@@H](OC(=O)N2CCC(N3CCc4ccccc4NC3=O)CC2)C(=O)N2CCC(C3CCN(CC(=O)OCCOI)CC3)CC2)cc(C)c1O. The lowest BCUT2D eigenvalue weighted by Gasteiger charge is -2.41. The van der Waals surface area contributed by atoms with Crippen LogP contribution in [0.1, 0.15) is 60.8 Å². The summed E-state index contributed by atoms with van der Waals surface area (Å²) in [5, 5.41) is 13.4. The van der Waals surface area contributed by atoms with Crippen molar-refractivity contribution in [2.45, 2.75) is 77.4 Å². The number of hydrogen-bond acceptors (Lipinski definition) is 9. The number of likely N-dealkylation sites (tertiary alicyclic amines) is 3. The van der Waals surface area contributed by atoms with Crippen LogP contribution >= 0.6 is 23.0 Å². The Balaban J connectivity index is 1.03. The molecule has 54 heavy (non-hydrogen) atoms. The molecule has 3 fully saturated rings. The van der Waals surface area contributed by atoms with Gasteiger partial charge in [0.05, 0.1) is 13.2 Å². The van der Waals surface area contributed by atoms with Gasteiger partial charge in [-0.2, -0.15) is 0 Å². The van der Waals surface area contributed by atoms with Crippen molar-refractivity contribution >= 4 is 52.7 Å². The molecule has 0 bridgehead atoms. The van der Waals surface area contributed by atoms with Crippen LogP contribution in [0.2, 0.25) is 0 Å². The summed E-state index contributed by atoms with van der Waals surface area (Å²) >= 11 is 1.79. The summed E-state index contributed by atoms with van der Waals surface area (Å²) in [7, 11) is 0. The molecular formula is C40H54IN5O8. The van der Waals surface area contributed by atoms with Gasteiger partial charge in [0.2, 0.25) is 0 Å². The van der Waals surface area contributed by atoms with Gasteiger partial charge in [-0.1, -0.05) is 30.3 Å². The maximum absolute atomic E-state index is 14.2. The minimum Gasteiger partial charge on any atom is -0.507 e. The van der Waals surface area contributed by atoms with Crippen molar-refractivity contribution in [3.63, 3.8) is 0 Å². The number of aryl methyl sites for hydroxylation is 2. The highest BCUT2D eigenvalue weighted by atomic mass is 127. The number of aromatic hydroxyl groups is 1. The molecule has 294 valence electrons. The number of phenolic OH excluding ortho intramolecular Hbond substituents is 1. The lowest BCUT2D eigenvalue weighted by atomic mass is 9.78. The van der Waals surface area contributed by atoms with E-state index >= 15 is 0 Å². The van der Waals surface area contributed by atoms with Crippen LogP contribution in [-0.2, 0) is 35.0 Å². The van der Waals surface area contributed by atoms with Gasteiger partial charge >= 0.3 is 18.1 Å². The Morgan fingerprint density at radius 3 is 2.17 bits per heavy atom. The van der Waals surface area contributed by atoms with Crippen LogP contribution in [0.5, 0.6) is 5.75 Å². The van der Waals surface area contributed by atoms with Gasteiger partial charge in [-0.3, -0.25) is 14.5 Å². The normalized spacial score (nSPS) is 19.8. The highest BCUT2D eigenvalue weighted by molar-refractivity contribution is 14.1. The molecule has 4 amide bonds. The summed E-state index contributed by atoms with van der Waals surface area (Å²) in [6.45, 7) is 8.96. The molecule has 2 aromatic rings. The molecule has 2 aromatic carbocycles. The quantitative estimate of drug-likeness (QED) is 0.171. The molecule has 1 atom stereocenters. The molecule has 3 saturated heterocycles. The topological polar surface area (TPSA) is 141 Å². The number of fused-ring (bicyclic) bond motifs is 1. The molecule has 4 aliphatic heterocycles. The largest absolute Gasteiger partial charge is 0.507 e. The standard InChI is InChI=1S/C40H54IN5O8/c1-27-23-29(24-28(2)37(27)48)25-35(38(49)44-16-9-31(10-17-44)30-7-14-43(15-8-30)26-36(47)52-21-22-53-41)54-40(51)45-18-12-33(13-19-45)46-20-11-32-5-3-4-6-34(32)42-39(46)50/h3-6,23-24,30-31,33,35,48H,7-22,25-26H2,1-2H3,(H,42,50)/t35-/m1/s1. The Labute approximate surface area is 332 Å². The van der Waals surface area contributed by atoms with Gasteiger partial charge in [0.25, 0.3) is 5.91 Å². The Morgan fingerprint density at radius 2 is 1.50 bits per heavy atom. The Morgan fingerprint density at radius 1 is 0.870 bits per heavy atom. The zero-order valence-electron chi connectivity index (χ0n) is 31.5. The predicted molar refractivity (Wildman–Crippen MR) is 211 cm³/mol. The number of carbonyl (C=O) groups is 4. The van der Waals surface area contributed by atoms with Crippen LogP contribution in [0, 0.1) is 25.7 Å². The monoisotopic (exact) mass is 859 g/mol. The molecule has 0 aliphatic carbocycles. The number of esters is 1. The van der Waals surface area contributed by atoms with Crippen molar-refractivity contribution in [1.82, 2.24) is 19.6 Å². The van der Waals surface area contributed by atoms with Crippen molar-refractivity contribution in [2.75, 3.05) is 70.9 Å². The number of benzene rings is 2. The number of carbonyl (C=O) groups excluding carboxylic acids is 4. The molecule has 0 aromatic heterocycles. The summed E-state index contributed by atoms with van der Waals surface area (Å²) < 4.78 is 16.2. The number of rotatable bonds is 11. The number of nitrogens with zero attached hydrogens (tertiary/aromatic N) is 4. The van der Waals surface area contributed by atoms with E-state index in [1.165, 1.54) is 0 Å². The highest BCUT2D eigenvalue weighted by Crippen LogP contribution is 2.33. The van der Waals surface area contributed by atoms with E-state index in [-0.39, 0.29) is 42.7 Å². The molecule has 0 saturated carbocycles. The smallest absolute Gasteiger partial charge is 0.410 e. The van der Waals surface area contributed by atoms with Gasteiger partial charge in [-0.05, 0) is 112 Å². The van der Waals surface area contributed by atoms with Crippen LogP contribution in [0.4, 0.5) is 15.3 Å². The summed E-state index contributed by atoms with van der Waals surface area (Å²) in [4.78, 5) is 60.7. The van der Waals surface area contributed by atoms with E-state index in [4.69, 9.17) is 12.5 Å². The van der Waals surface area contributed by atoms with Gasteiger partial charge in [0.15, 0.2) is 6.10 Å². The van der Waals surface area contributed by atoms with E-state index in [2.05, 4.69) is 10.2 Å². The maximum atomic E-state index is 14.2. The Kier molecular flexibility index (Phi) is 13.9. The average molecular weight is 860 g/mol. The lowest BCUT2D eigenvalue weighted by molar-refractivity contribution is -0.145. The van der Waals surface area contributed by atoms with Crippen molar-refractivity contribution in [3.8, 4) is 5.75 Å². The second kappa shape index (κ2) is 18.8. The van der Waals surface area contributed by atoms with Crippen LogP contribution < -0.4 is 5.32 Å². The van der Waals surface area contributed by atoms with Gasteiger partial charge in [-0.25, -0.2) is 9.59 Å². The number of phenols is 1. The van der Waals surface area contributed by atoms with Gasteiger partial charge in [-0.15, -0.1) is 0 Å². The molecule has 0 spiro atoms. The van der Waals surface area contributed by atoms with Gasteiger partial charge in [0, 0.05) is 50.9 Å². The van der Waals surface area contributed by atoms with Gasteiger partial charge < -0.3 is 37.7 Å². The fourth-order valence-corrected chi connectivity index (χ4v) is 8.82. The molecule has 2 N–H and O–H groups in total. The number of urea groups is 1. The third-order valence-electron chi connectivity index (χ3n) is 11.7. The molecular weight excluding hydrogens is 805 g/mol. The van der Waals surface area contributed by atoms with Crippen LogP contribution in [0.15, 0.2) is 36.4 Å². The highest BCUT2D eigenvalue weighted by Gasteiger charge is 2.37. The van der Waals surface area contributed by atoms with Crippen molar-refractivity contribution in [3.05, 3.63) is 58.7 Å². The minimum atomic E-state index is -1.00. The maximum Gasteiger partial charge on any atom is 0.410 e. The number of halogens is 1. The molecule has 0 unspecified atom stereocenters. The Bertz CT molecular complexity index is 1610. The second-order valence-electron chi connectivity index (χ2n) is 15.2. The number of ether oxygens (including phenoxy) is 2. The average Bonchev–Trinajstić information content (AvgIpc) is 3.35. The Hall–Kier alpha value is -3.63. The van der Waals surface area contributed by atoms with Crippen molar-refractivity contribution in [2.24, 2.45) is 11.8 Å². The number of amides is 4. The minimum absolute atomic E-state index is 0.000351. The molecule has 4 heterocycles.